The highest BCUT2D eigenvalue weighted by molar-refractivity contribution is 14.1. The second-order valence-electron chi connectivity index (χ2n) is 10.3. The first-order valence-electron chi connectivity index (χ1n) is 12.5. The van der Waals surface area contributed by atoms with Gasteiger partial charge in [0.1, 0.15) is 0 Å². The van der Waals surface area contributed by atoms with E-state index in [9.17, 15) is 24.3 Å². The van der Waals surface area contributed by atoms with Crippen LogP contribution in [-0.4, -0.2) is 35.6 Å². The molecule has 2 aromatic carbocycles. The molecule has 3 aliphatic carbocycles. The number of benzene rings is 2. The number of allylic oxidation sites excluding steroid dienone is 6. The molecule has 0 saturated carbocycles. The molecule has 1 N–H and O–H groups in total. The van der Waals surface area contributed by atoms with E-state index in [-0.39, 0.29) is 46.3 Å². The van der Waals surface area contributed by atoms with E-state index in [1.54, 1.807) is 31.2 Å². The number of phenolic OH excluding ortho intramolecular Hbond substituents is 1. The van der Waals surface area contributed by atoms with E-state index in [1.165, 1.54) is 18.1 Å². The van der Waals surface area contributed by atoms with Crippen molar-refractivity contribution in [1.29, 1.82) is 0 Å². The summed E-state index contributed by atoms with van der Waals surface area (Å²) in [5, 5.41) is 10.4. The van der Waals surface area contributed by atoms with Gasteiger partial charge in [-0.05, 0) is 96.3 Å². The van der Waals surface area contributed by atoms with E-state index in [0.717, 1.165) is 9.14 Å². The zero-order valence-electron chi connectivity index (χ0n) is 21.0. The van der Waals surface area contributed by atoms with Crippen molar-refractivity contribution in [1.82, 2.24) is 0 Å². The minimum Gasteiger partial charge on any atom is -0.503 e. The molecule has 198 valence electrons. The van der Waals surface area contributed by atoms with Crippen molar-refractivity contribution >= 4 is 63.3 Å². The molecule has 39 heavy (non-hydrogen) atoms. The van der Waals surface area contributed by atoms with Gasteiger partial charge in [-0.3, -0.25) is 24.1 Å². The molecule has 6 rings (SSSR count). The lowest BCUT2D eigenvalue weighted by Crippen LogP contribution is -2.39. The Kier molecular flexibility index (Phi) is 6.30. The van der Waals surface area contributed by atoms with Gasteiger partial charge in [0.15, 0.2) is 23.1 Å². The van der Waals surface area contributed by atoms with Gasteiger partial charge in [0.2, 0.25) is 11.8 Å². The predicted octanol–water partition coefficient (Wildman–Crippen LogP) is 5.29. The van der Waals surface area contributed by atoms with Crippen LogP contribution in [0.4, 0.5) is 5.69 Å². The molecule has 9 heteroatoms. The number of aromatic hydroxyl groups is 1. The number of fused-ring (bicyclic) bond motifs is 3. The van der Waals surface area contributed by atoms with Gasteiger partial charge in [-0.15, -0.1) is 0 Å². The van der Waals surface area contributed by atoms with E-state index in [2.05, 4.69) is 22.6 Å². The number of amides is 2. The Hall–Kier alpha value is -3.24. The first-order chi connectivity index (χ1) is 18.6. The third-order valence-electron chi connectivity index (χ3n) is 8.25. The van der Waals surface area contributed by atoms with Crippen LogP contribution >= 0.6 is 34.2 Å². The molecule has 0 radical (unpaired) electrons. The van der Waals surface area contributed by atoms with E-state index >= 15 is 0 Å². The van der Waals surface area contributed by atoms with Gasteiger partial charge in [0, 0.05) is 26.2 Å². The Morgan fingerprint density at radius 3 is 2.46 bits per heavy atom. The van der Waals surface area contributed by atoms with Crippen LogP contribution in [0.1, 0.15) is 31.2 Å². The number of carbonyl (C=O) groups excluding carboxylic acids is 4. The second-order valence-corrected chi connectivity index (χ2v) is 11.9. The first-order valence-corrected chi connectivity index (χ1v) is 14.0. The van der Waals surface area contributed by atoms with Crippen molar-refractivity contribution in [2.24, 2.45) is 17.8 Å². The molecule has 4 aliphatic rings. The lowest BCUT2D eigenvalue weighted by atomic mass is 9.59. The molecular formula is C30H23ClINO6. The topological polar surface area (TPSA) is 101 Å². The van der Waals surface area contributed by atoms with E-state index in [1.807, 2.05) is 18.2 Å². The molecule has 0 unspecified atom stereocenters. The summed E-state index contributed by atoms with van der Waals surface area (Å²) in [7, 11) is 1.40. The minimum atomic E-state index is -0.678. The molecule has 1 fully saturated rings. The molecule has 1 saturated heterocycles. The molecule has 4 atom stereocenters. The number of ether oxygens (including phenoxy) is 1. The molecule has 0 aromatic heterocycles. The first kappa shape index (κ1) is 26.0. The van der Waals surface area contributed by atoms with Crippen LogP contribution in [0.25, 0.3) is 0 Å². The maximum atomic E-state index is 13.9. The van der Waals surface area contributed by atoms with Crippen molar-refractivity contribution in [2.45, 2.75) is 25.7 Å². The van der Waals surface area contributed by atoms with Crippen LogP contribution in [0, 0.1) is 21.3 Å². The average Bonchev–Trinajstić information content (AvgIpc) is 3.18. The number of carbonyl (C=O) groups is 4. The molecule has 0 spiro atoms. The largest absolute Gasteiger partial charge is 0.503 e. The zero-order valence-corrected chi connectivity index (χ0v) is 23.9. The Morgan fingerprint density at radius 2 is 1.77 bits per heavy atom. The summed E-state index contributed by atoms with van der Waals surface area (Å²) in [6.07, 6.45) is 3.82. The number of rotatable bonds is 3. The number of phenols is 1. The van der Waals surface area contributed by atoms with Gasteiger partial charge < -0.3 is 9.84 Å². The minimum absolute atomic E-state index is 0.0428. The fraction of sp³-hybridized carbons (Fsp3) is 0.267. The number of hydrogen-bond acceptors (Lipinski definition) is 6. The zero-order chi connectivity index (χ0) is 27.7. The van der Waals surface area contributed by atoms with Crippen LogP contribution in [0.2, 0.25) is 5.02 Å². The summed E-state index contributed by atoms with van der Waals surface area (Å²) in [5.41, 5.74) is 2.94. The predicted molar refractivity (Wildman–Crippen MR) is 153 cm³/mol. The number of halogens is 2. The summed E-state index contributed by atoms with van der Waals surface area (Å²) in [5.74, 6) is -3.52. The van der Waals surface area contributed by atoms with Gasteiger partial charge in [-0.25, -0.2) is 0 Å². The molecule has 2 amide bonds. The fourth-order valence-corrected chi connectivity index (χ4v) is 7.10. The Balaban J connectivity index is 1.51. The summed E-state index contributed by atoms with van der Waals surface area (Å²) >= 11 is 8.52. The second kappa shape index (κ2) is 9.45. The standard InChI is InChI=1S/C30H23ClINO6/c1-13-9-22(34)26-20(27(13)35)12-19-17(24(26)14-10-21(31)28(36)23(11-14)39-2)7-8-18-25(19)30(38)33(29(18)37)16-5-3-15(32)4-6-16/h3-7,9-11,18-19,24-25,36H,8,12H2,1-2H3/t18-,19+,24-,25-/m0/s1. The van der Waals surface area contributed by atoms with Gasteiger partial charge >= 0.3 is 0 Å². The highest BCUT2D eigenvalue weighted by Gasteiger charge is 2.56. The Bertz CT molecular complexity index is 1590. The number of ketones is 2. The van der Waals surface area contributed by atoms with E-state index < -0.39 is 23.7 Å². The highest BCUT2D eigenvalue weighted by Crippen LogP contribution is 2.56. The van der Waals surface area contributed by atoms with Gasteiger partial charge in [0.05, 0.1) is 29.7 Å². The average molecular weight is 656 g/mol. The maximum absolute atomic E-state index is 13.9. The van der Waals surface area contributed by atoms with Crippen LogP contribution in [0.3, 0.4) is 0 Å². The number of hydrogen-bond donors (Lipinski definition) is 1. The molecule has 0 bridgehead atoms. The van der Waals surface area contributed by atoms with Crippen LogP contribution in [0.5, 0.6) is 11.5 Å². The lowest BCUT2D eigenvalue weighted by molar-refractivity contribution is -0.123. The molecule has 7 nitrogen and oxygen atoms in total. The SMILES string of the molecule is COc1cc([C@H]2C3=CC[C@@H]4C(=O)N(c5ccc(I)cc5)C(=O)[C@@H]4[C@@H]3CC3=C2C(=O)C=C(C)C3=O)cc(Cl)c1O. The smallest absolute Gasteiger partial charge is 0.238 e. The van der Waals surface area contributed by atoms with Crippen molar-refractivity contribution in [3.63, 3.8) is 0 Å². The van der Waals surface area contributed by atoms with Crippen molar-refractivity contribution in [3.8, 4) is 11.5 Å². The third kappa shape index (κ3) is 3.90. The number of Topliss-reactive ketones (excluding diaryl/α,β-unsaturated/α-hetero) is 1. The van der Waals surface area contributed by atoms with Crippen LogP contribution in [-0.2, 0) is 19.2 Å². The third-order valence-corrected chi connectivity index (χ3v) is 9.26. The van der Waals surface area contributed by atoms with Crippen molar-refractivity contribution in [2.75, 3.05) is 12.0 Å². The van der Waals surface area contributed by atoms with Crippen LogP contribution < -0.4 is 9.64 Å². The highest BCUT2D eigenvalue weighted by atomic mass is 127. The Labute approximate surface area is 243 Å². The maximum Gasteiger partial charge on any atom is 0.238 e. The molecule has 1 aliphatic heterocycles. The number of imide groups is 1. The summed E-state index contributed by atoms with van der Waals surface area (Å²) in [4.78, 5) is 55.5. The summed E-state index contributed by atoms with van der Waals surface area (Å²) in [6, 6.07) is 10.4. The van der Waals surface area contributed by atoms with Gasteiger partial charge in [-0.2, -0.15) is 0 Å². The fourth-order valence-electron chi connectivity index (χ4n) is 6.52. The van der Waals surface area contributed by atoms with Gasteiger partial charge in [-0.1, -0.05) is 23.3 Å². The van der Waals surface area contributed by atoms with Crippen molar-refractivity contribution < 1.29 is 29.0 Å². The monoisotopic (exact) mass is 655 g/mol. The molecule has 2 aromatic rings. The normalized spacial score (nSPS) is 26.2. The number of methoxy groups -OCH3 is 1. The van der Waals surface area contributed by atoms with Gasteiger partial charge in [0.25, 0.3) is 0 Å². The lowest BCUT2D eigenvalue weighted by Gasteiger charge is -2.42. The quantitative estimate of drug-likeness (QED) is 0.209. The summed E-state index contributed by atoms with van der Waals surface area (Å²) in [6.45, 7) is 1.61. The van der Waals surface area contributed by atoms with E-state index in [0.29, 0.717) is 34.4 Å². The number of anilines is 1. The van der Waals surface area contributed by atoms with E-state index in [4.69, 9.17) is 16.3 Å². The summed E-state index contributed by atoms with van der Waals surface area (Å²) < 4.78 is 6.31. The molecular weight excluding hydrogens is 633 g/mol. The Morgan fingerprint density at radius 1 is 1.05 bits per heavy atom. The number of nitrogens with zero attached hydrogens (tertiary/aromatic N) is 1. The molecule has 1 heterocycles. The van der Waals surface area contributed by atoms with Crippen molar-refractivity contribution in [3.05, 3.63) is 85.0 Å². The van der Waals surface area contributed by atoms with Crippen LogP contribution in [0.15, 0.2) is 70.8 Å².